The average Bonchev–Trinajstić information content (AvgIpc) is 3.30. The number of hydrogen-bond acceptors (Lipinski definition) is 5. The molecule has 0 aromatic carbocycles. The smallest absolute Gasteiger partial charge is 0.124 e. The lowest BCUT2D eigenvalue weighted by atomic mass is 10.3. The van der Waals surface area contributed by atoms with Gasteiger partial charge in [0.1, 0.15) is 12.0 Å². The fraction of sp³-hybridized carbons (Fsp3) is 0.111. The molecule has 0 saturated heterocycles. The summed E-state index contributed by atoms with van der Waals surface area (Å²) >= 11 is 3.50. The fourth-order valence-electron chi connectivity index (χ4n) is 1.99. The topological polar surface area (TPSA) is 38.9 Å². The van der Waals surface area contributed by atoms with E-state index in [1.54, 1.807) is 28.9 Å². The molecule has 0 fully saturated rings. The summed E-state index contributed by atoms with van der Waals surface area (Å²) in [6, 6.07) is 16.2. The van der Waals surface area contributed by atoms with Gasteiger partial charge in [0.15, 0.2) is 0 Å². The minimum Gasteiger partial charge on any atom is -0.364 e. The molecule has 0 bridgehead atoms. The second kappa shape index (κ2) is 7.35. The van der Waals surface area contributed by atoms with Crippen LogP contribution < -0.4 is 0 Å². The van der Waals surface area contributed by atoms with Crippen LogP contribution in [0.4, 0.5) is 0 Å². The van der Waals surface area contributed by atoms with Gasteiger partial charge in [0.05, 0.1) is 15.4 Å². The van der Waals surface area contributed by atoms with E-state index in [1.165, 1.54) is 14.6 Å². The molecule has 4 heterocycles. The lowest BCUT2D eigenvalue weighted by Gasteiger charge is -1.92. The maximum absolute atomic E-state index is 4.73. The third kappa shape index (κ3) is 4.15. The Bertz CT molecular complexity index is 848. The average molecular weight is 340 g/mol. The maximum Gasteiger partial charge on any atom is 0.124 e. The van der Waals surface area contributed by atoms with E-state index in [4.69, 9.17) is 4.52 Å². The maximum atomic E-state index is 4.73. The first kappa shape index (κ1) is 15.6. The number of nitrogens with zero attached hydrogens (tertiary/aromatic N) is 2. The Morgan fingerprint density at radius 3 is 1.96 bits per heavy atom. The number of aryl methyl sites for hydroxylation is 2. The molecule has 0 aliphatic rings. The van der Waals surface area contributed by atoms with Crippen molar-refractivity contribution in [2.45, 2.75) is 13.8 Å². The highest BCUT2D eigenvalue weighted by molar-refractivity contribution is 7.15. The van der Waals surface area contributed by atoms with Gasteiger partial charge in [0.25, 0.3) is 0 Å². The van der Waals surface area contributed by atoms with Crippen molar-refractivity contribution in [3.05, 3.63) is 70.7 Å². The Hall–Kier alpha value is -2.24. The first-order valence-electron chi connectivity index (χ1n) is 7.17. The van der Waals surface area contributed by atoms with Crippen LogP contribution in [-0.2, 0) is 0 Å². The van der Waals surface area contributed by atoms with Gasteiger partial charge in [-0.05, 0) is 50.2 Å². The number of rotatable bonds is 2. The fourth-order valence-corrected chi connectivity index (χ4v) is 3.67. The Labute approximate surface area is 143 Å². The van der Waals surface area contributed by atoms with Crippen molar-refractivity contribution >= 4 is 22.7 Å². The van der Waals surface area contributed by atoms with Crippen LogP contribution in [0.1, 0.15) is 9.75 Å². The van der Waals surface area contributed by atoms with Crippen molar-refractivity contribution in [1.29, 1.82) is 0 Å². The molecule has 0 aliphatic carbocycles. The van der Waals surface area contributed by atoms with E-state index < -0.39 is 0 Å². The first-order chi connectivity index (χ1) is 11.2. The molecule has 23 heavy (non-hydrogen) atoms. The SMILES string of the molecule is Cc1ccc(-c2ccccn2)s1.Cc1ccc(-c2ccon2)s1. The van der Waals surface area contributed by atoms with Gasteiger partial charge in [-0.2, -0.15) is 0 Å². The van der Waals surface area contributed by atoms with E-state index in [0.717, 1.165) is 16.3 Å². The zero-order valence-corrected chi connectivity index (χ0v) is 14.5. The zero-order chi connectivity index (χ0) is 16.1. The summed E-state index contributed by atoms with van der Waals surface area (Å²) in [5, 5.41) is 3.84. The molecule has 4 aromatic rings. The number of pyridine rings is 1. The van der Waals surface area contributed by atoms with Gasteiger partial charge < -0.3 is 4.52 Å². The summed E-state index contributed by atoms with van der Waals surface area (Å²) in [6.45, 7) is 4.19. The molecule has 0 spiro atoms. The monoisotopic (exact) mass is 340 g/mol. The molecule has 5 heteroatoms. The molecule has 116 valence electrons. The zero-order valence-electron chi connectivity index (χ0n) is 12.9. The van der Waals surface area contributed by atoms with Crippen LogP contribution in [0.3, 0.4) is 0 Å². The largest absolute Gasteiger partial charge is 0.364 e. The summed E-state index contributed by atoms with van der Waals surface area (Å²) in [5.74, 6) is 0. The number of aromatic nitrogens is 2. The van der Waals surface area contributed by atoms with E-state index >= 15 is 0 Å². The minimum atomic E-state index is 0.920. The predicted octanol–water partition coefficient (Wildman–Crippen LogP) is 5.83. The van der Waals surface area contributed by atoms with Crippen LogP contribution in [0.25, 0.3) is 21.1 Å². The van der Waals surface area contributed by atoms with Gasteiger partial charge in [-0.3, -0.25) is 4.98 Å². The molecule has 0 atom stereocenters. The third-order valence-electron chi connectivity index (χ3n) is 3.09. The van der Waals surface area contributed by atoms with Gasteiger partial charge in [0.2, 0.25) is 0 Å². The van der Waals surface area contributed by atoms with Gasteiger partial charge in [0, 0.05) is 22.0 Å². The van der Waals surface area contributed by atoms with E-state index in [9.17, 15) is 0 Å². The van der Waals surface area contributed by atoms with Crippen LogP contribution in [0.2, 0.25) is 0 Å². The van der Waals surface area contributed by atoms with E-state index in [-0.39, 0.29) is 0 Å². The van der Waals surface area contributed by atoms with Crippen molar-refractivity contribution in [1.82, 2.24) is 10.1 Å². The minimum absolute atomic E-state index is 0.920. The van der Waals surface area contributed by atoms with Crippen molar-refractivity contribution < 1.29 is 4.52 Å². The molecular formula is C18H16N2OS2. The third-order valence-corrected chi connectivity index (χ3v) is 5.13. The van der Waals surface area contributed by atoms with Gasteiger partial charge in [-0.15, -0.1) is 22.7 Å². The Kier molecular flexibility index (Phi) is 5.00. The van der Waals surface area contributed by atoms with Crippen LogP contribution >= 0.6 is 22.7 Å². The lowest BCUT2D eigenvalue weighted by molar-refractivity contribution is 0.422. The molecule has 4 rings (SSSR count). The highest BCUT2D eigenvalue weighted by Crippen LogP contribution is 2.26. The van der Waals surface area contributed by atoms with Crippen molar-refractivity contribution in [3.8, 4) is 21.1 Å². The van der Waals surface area contributed by atoms with E-state index in [0.29, 0.717) is 0 Å². The first-order valence-corrected chi connectivity index (χ1v) is 8.81. The van der Waals surface area contributed by atoms with Crippen LogP contribution in [0, 0.1) is 13.8 Å². The standard InChI is InChI=1S/C10H9NS.C8H7NOS/c1-8-5-6-10(12-8)9-4-2-3-7-11-9;1-6-2-3-8(11-6)7-4-5-10-9-7/h2-7H,1H3;2-5H,1H3. The van der Waals surface area contributed by atoms with Crippen LogP contribution in [-0.4, -0.2) is 10.1 Å². The molecule has 4 aromatic heterocycles. The molecule has 0 radical (unpaired) electrons. The Morgan fingerprint density at radius 1 is 0.783 bits per heavy atom. The van der Waals surface area contributed by atoms with Crippen LogP contribution in [0.5, 0.6) is 0 Å². The number of hydrogen-bond donors (Lipinski definition) is 0. The summed E-state index contributed by atoms with van der Waals surface area (Å²) in [5.41, 5.74) is 1.98. The highest BCUT2D eigenvalue weighted by Gasteiger charge is 2.02. The van der Waals surface area contributed by atoms with Crippen molar-refractivity contribution in [2.75, 3.05) is 0 Å². The Morgan fingerprint density at radius 2 is 1.48 bits per heavy atom. The second-order valence-electron chi connectivity index (χ2n) is 4.92. The Balaban J connectivity index is 0.000000136. The van der Waals surface area contributed by atoms with Gasteiger partial charge in [-0.1, -0.05) is 11.2 Å². The molecule has 0 saturated carbocycles. The van der Waals surface area contributed by atoms with Crippen LogP contribution in [0.15, 0.2) is 65.5 Å². The molecule has 3 nitrogen and oxygen atoms in total. The molecule has 0 N–H and O–H groups in total. The number of thiophene rings is 2. The summed E-state index contributed by atoms with van der Waals surface area (Å²) in [4.78, 5) is 9.30. The lowest BCUT2D eigenvalue weighted by Crippen LogP contribution is -1.75. The molecule has 0 unspecified atom stereocenters. The van der Waals surface area contributed by atoms with E-state index in [2.05, 4.69) is 48.3 Å². The van der Waals surface area contributed by atoms with Crippen molar-refractivity contribution in [2.24, 2.45) is 0 Å². The van der Waals surface area contributed by atoms with Gasteiger partial charge in [-0.25, -0.2) is 0 Å². The summed E-state index contributed by atoms with van der Waals surface area (Å²) in [7, 11) is 0. The van der Waals surface area contributed by atoms with Crippen molar-refractivity contribution in [3.63, 3.8) is 0 Å². The molecule has 0 amide bonds. The predicted molar refractivity (Wildman–Crippen MR) is 96.8 cm³/mol. The highest BCUT2D eigenvalue weighted by atomic mass is 32.1. The second-order valence-corrected chi connectivity index (χ2v) is 7.50. The molecular weight excluding hydrogens is 324 g/mol. The summed E-state index contributed by atoms with van der Waals surface area (Å²) < 4.78 is 4.73. The molecule has 0 aliphatic heterocycles. The quantitative estimate of drug-likeness (QED) is 0.461. The summed E-state index contributed by atoms with van der Waals surface area (Å²) in [6.07, 6.45) is 3.41. The normalized spacial score (nSPS) is 10.2. The van der Waals surface area contributed by atoms with Gasteiger partial charge >= 0.3 is 0 Å². The van der Waals surface area contributed by atoms with E-state index in [1.807, 2.05) is 30.5 Å².